The second-order valence-electron chi connectivity index (χ2n) is 11.7. The molecule has 2 heterocycles. The van der Waals surface area contributed by atoms with Gasteiger partial charge in [0.1, 0.15) is 16.3 Å². The lowest BCUT2D eigenvalue weighted by molar-refractivity contribution is -0.141. The van der Waals surface area contributed by atoms with Gasteiger partial charge in [0.05, 0.1) is 9.77 Å². The predicted molar refractivity (Wildman–Crippen MR) is 160 cm³/mol. The Labute approximate surface area is 261 Å². The van der Waals surface area contributed by atoms with Crippen LogP contribution >= 0.6 is 11.3 Å². The van der Waals surface area contributed by atoms with E-state index in [9.17, 15) is 36.3 Å². The Balaban J connectivity index is 1.28. The molecule has 0 radical (unpaired) electrons. The van der Waals surface area contributed by atoms with Gasteiger partial charge in [-0.1, -0.05) is 0 Å². The third-order valence-electron chi connectivity index (χ3n) is 8.38. The van der Waals surface area contributed by atoms with Gasteiger partial charge in [0, 0.05) is 42.2 Å². The van der Waals surface area contributed by atoms with Gasteiger partial charge in [-0.05, 0) is 81.2 Å². The number of thiazole rings is 1. The lowest BCUT2D eigenvalue weighted by Gasteiger charge is -2.35. The zero-order valence-electron chi connectivity index (χ0n) is 24.3. The second-order valence-corrected chi connectivity index (χ2v) is 14.7. The number of hydrogen-bond donors (Lipinski definition) is 4. The SMILES string of the molecule is CS(=O)(=O)c1cc(Nc2nccc(C(F)(F)F)n2)cc(-c2cnc([C@]3(O)CC[C@@H](C(=O)NC4CCC(C(N)=O)CC4)CC3)s2)c1. The van der Waals surface area contributed by atoms with Gasteiger partial charge in [0.15, 0.2) is 9.84 Å². The first-order chi connectivity index (χ1) is 21.1. The number of carbonyl (C=O) groups excluding carboxylic acids is 2. The number of carbonyl (C=O) groups is 2. The number of nitrogens with zero attached hydrogens (tertiary/aromatic N) is 3. The average molecular weight is 667 g/mol. The van der Waals surface area contributed by atoms with Crippen LogP contribution in [0.3, 0.4) is 0 Å². The molecule has 16 heteroatoms. The van der Waals surface area contributed by atoms with Gasteiger partial charge in [0.25, 0.3) is 0 Å². The standard InChI is InChI=1S/C29H33F3N6O5S2/c1-45(42,43)21-13-18(12-20(14-21)37-27-34-11-8-23(38-27)29(30,31)32)22-15-35-26(44-22)28(41)9-6-17(7-10-28)25(40)36-19-4-2-16(3-5-19)24(33)39/h8,11-17,19,41H,2-7,9-10H2,1H3,(H2,33,39)(H,36,40)(H,34,37,38)/t16?,17-,19?,28+. The highest BCUT2D eigenvalue weighted by molar-refractivity contribution is 7.90. The van der Waals surface area contributed by atoms with Gasteiger partial charge in [-0.2, -0.15) is 13.2 Å². The highest BCUT2D eigenvalue weighted by Crippen LogP contribution is 2.43. The van der Waals surface area contributed by atoms with Crippen molar-refractivity contribution < 1.29 is 36.3 Å². The maximum atomic E-state index is 13.1. The highest BCUT2D eigenvalue weighted by atomic mass is 32.2. The van der Waals surface area contributed by atoms with Gasteiger partial charge in [-0.3, -0.25) is 9.59 Å². The fourth-order valence-electron chi connectivity index (χ4n) is 5.77. The number of alkyl halides is 3. The van der Waals surface area contributed by atoms with Gasteiger partial charge >= 0.3 is 6.18 Å². The smallest absolute Gasteiger partial charge is 0.383 e. The Hall–Kier alpha value is -3.63. The molecule has 11 nitrogen and oxygen atoms in total. The van der Waals surface area contributed by atoms with E-state index in [2.05, 4.69) is 25.6 Å². The molecule has 0 bridgehead atoms. The number of nitrogens with two attached hydrogens (primary N) is 1. The number of amides is 2. The van der Waals surface area contributed by atoms with Crippen molar-refractivity contribution in [2.24, 2.45) is 17.6 Å². The zero-order valence-corrected chi connectivity index (χ0v) is 25.9. The first-order valence-electron chi connectivity index (χ1n) is 14.4. The number of aliphatic hydroxyl groups is 1. The Morgan fingerprint density at radius 3 is 2.36 bits per heavy atom. The number of nitrogens with one attached hydrogen (secondary N) is 2. The van der Waals surface area contributed by atoms with Crippen molar-refractivity contribution in [2.45, 2.75) is 74.1 Å². The molecule has 2 aliphatic rings. The molecular weight excluding hydrogens is 633 g/mol. The first-order valence-corrected chi connectivity index (χ1v) is 17.1. The van der Waals surface area contributed by atoms with Gasteiger partial charge < -0.3 is 21.5 Å². The van der Waals surface area contributed by atoms with Crippen LogP contribution in [0.15, 0.2) is 41.6 Å². The van der Waals surface area contributed by atoms with Gasteiger partial charge in [0.2, 0.25) is 17.8 Å². The summed E-state index contributed by atoms with van der Waals surface area (Å²) in [5.74, 6) is -1.15. The molecule has 1 aromatic carbocycles. The monoisotopic (exact) mass is 666 g/mol. The van der Waals surface area contributed by atoms with Crippen molar-refractivity contribution in [1.82, 2.24) is 20.3 Å². The molecule has 2 aliphatic carbocycles. The van der Waals surface area contributed by atoms with E-state index in [0.29, 0.717) is 66.8 Å². The van der Waals surface area contributed by atoms with Crippen molar-refractivity contribution in [3.8, 4) is 10.4 Å². The maximum absolute atomic E-state index is 13.1. The topological polar surface area (TPSA) is 177 Å². The fourth-order valence-corrected chi connectivity index (χ4v) is 7.50. The molecule has 2 fully saturated rings. The van der Waals surface area contributed by atoms with Crippen LogP contribution in [0.1, 0.15) is 62.1 Å². The van der Waals surface area contributed by atoms with E-state index < -0.39 is 27.3 Å². The molecule has 2 aromatic heterocycles. The molecule has 0 atom stereocenters. The summed E-state index contributed by atoms with van der Waals surface area (Å²) in [5, 5.41) is 17.6. The largest absolute Gasteiger partial charge is 0.433 e. The number of rotatable bonds is 8. The van der Waals surface area contributed by atoms with Gasteiger partial charge in [-0.25, -0.2) is 23.4 Å². The van der Waals surface area contributed by atoms with Crippen molar-refractivity contribution in [2.75, 3.05) is 11.6 Å². The van der Waals surface area contributed by atoms with Crippen molar-refractivity contribution in [3.63, 3.8) is 0 Å². The minimum Gasteiger partial charge on any atom is -0.383 e. The molecule has 3 aromatic rings. The third kappa shape index (κ3) is 7.79. The van der Waals surface area contributed by atoms with E-state index in [1.807, 2.05) is 0 Å². The molecule has 45 heavy (non-hydrogen) atoms. The number of benzene rings is 1. The van der Waals surface area contributed by atoms with Crippen LogP contribution in [-0.2, 0) is 31.2 Å². The lowest BCUT2D eigenvalue weighted by atomic mass is 9.78. The fraction of sp³-hybridized carbons (Fsp3) is 0.483. The van der Waals surface area contributed by atoms with Crippen LogP contribution in [0.4, 0.5) is 24.8 Å². The summed E-state index contributed by atoms with van der Waals surface area (Å²) in [7, 11) is -3.72. The lowest BCUT2D eigenvalue weighted by Crippen LogP contribution is -2.44. The summed E-state index contributed by atoms with van der Waals surface area (Å²) in [6, 6.07) is 4.96. The minimum absolute atomic E-state index is 0.00217. The number of halogens is 3. The van der Waals surface area contributed by atoms with Crippen LogP contribution in [0.2, 0.25) is 0 Å². The van der Waals surface area contributed by atoms with Crippen molar-refractivity contribution >= 4 is 44.6 Å². The van der Waals surface area contributed by atoms with Crippen LogP contribution < -0.4 is 16.4 Å². The molecule has 0 saturated heterocycles. The van der Waals surface area contributed by atoms with Crippen molar-refractivity contribution in [1.29, 1.82) is 0 Å². The number of hydrogen-bond acceptors (Lipinski definition) is 10. The third-order valence-corrected chi connectivity index (χ3v) is 10.7. The Morgan fingerprint density at radius 1 is 1.04 bits per heavy atom. The molecule has 0 spiro atoms. The molecular formula is C29H33F3N6O5S2. The molecule has 242 valence electrons. The predicted octanol–water partition coefficient (Wildman–Crippen LogP) is 4.30. The Morgan fingerprint density at radius 2 is 1.73 bits per heavy atom. The average Bonchev–Trinajstić information content (AvgIpc) is 3.49. The number of aromatic nitrogens is 3. The summed E-state index contributed by atoms with van der Waals surface area (Å²) >= 11 is 1.17. The summed E-state index contributed by atoms with van der Waals surface area (Å²) in [6.07, 6.45) is 2.98. The van der Waals surface area contributed by atoms with Crippen LogP contribution in [0.25, 0.3) is 10.4 Å². The molecule has 5 N–H and O–H groups in total. The first kappa shape index (κ1) is 32.8. The zero-order chi connectivity index (χ0) is 32.6. The van der Waals surface area contributed by atoms with E-state index in [1.165, 1.54) is 35.7 Å². The molecule has 2 amide bonds. The van der Waals surface area contributed by atoms with Gasteiger partial charge in [-0.15, -0.1) is 11.3 Å². The van der Waals surface area contributed by atoms with Crippen molar-refractivity contribution in [3.05, 3.63) is 47.4 Å². The van der Waals surface area contributed by atoms with E-state index in [1.54, 1.807) is 0 Å². The van der Waals surface area contributed by atoms with Crippen LogP contribution in [-0.4, -0.2) is 52.6 Å². The second kappa shape index (κ2) is 12.6. The van der Waals surface area contributed by atoms with Crippen LogP contribution in [0, 0.1) is 11.8 Å². The summed E-state index contributed by atoms with van der Waals surface area (Å²) in [6.45, 7) is 0. The Kier molecular flexibility index (Phi) is 9.20. The maximum Gasteiger partial charge on any atom is 0.433 e. The summed E-state index contributed by atoms with van der Waals surface area (Å²) < 4.78 is 64.3. The molecule has 0 unspecified atom stereocenters. The number of anilines is 2. The summed E-state index contributed by atoms with van der Waals surface area (Å²) in [4.78, 5) is 36.5. The number of sulfone groups is 1. The quantitative estimate of drug-likeness (QED) is 0.273. The highest BCUT2D eigenvalue weighted by Gasteiger charge is 2.40. The Bertz CT molecular complexity index is 1680. The van der Waals surface area contributed by atoms with E-state index in [-0.39, 0.29) is 46.2 Å². The molecule has 2 saturated carbocycles. The number of primary amides is 1. The van der Waals surface area contributed by atoms with E-state index in [0.717, 1.165) is 18.5 Å². The van der Waals surface area contributed by atoms with Crippen LogP contribution in [0.5, 0.6) is 0 Å². The normalized spacial score (nSPS) is 24.2. The summed E-state index contributed by atoms with van der Waals surface area (Å²) in [5.41, 5.74) is 3.53. The van der Waals surface area contributed by atoms with E-state index >= 15 is 0 Å². The minimum atomic E-state index is -4.69. The van der Waals surface area contributed by atoms with E-state index in [4.69, 9.17) is 5.73 Å². The molecule has 0 aliphatic heterocycles. The molecule has 5 rings (SSSR count).